The number of ether oxygens (including phenoxy) is 2. The molecule has 1 atom stereocenters. The van der Waals surface area contributed by atoms with Crippen molar-refractivity contribution >= 4 is 77.4 Å². The molecule has 4 aromatic carbocycles. The minimum absolute atomic E-state index is 0.0523. The molecule has 0 aromatic heterocycles. The first-order valence-corrected chi connectivity index (χ1v) is 22.5. The molecule has 2 amide bonds. The summed E-state index contributed by atoms with van der Waals surface area (Å²) in [4.78, 5) is 37.8. The van der Waals surface area contributed by atoms with E-state index in [1.165, 1.54) is 22.7 Å². The molecule has 1 fully saturated rings. The van der Waals surface area contributed by atoms with Crippen molar-refractivity contribution in [2.45, 2.75) is 67.4 Å². The number of anilines is 1. The van der Waals surface area contributed by atoms with Crippen LogP contribution in [-0.2, 0) is 50.5 Å². The highest BCUT2D eigenvalue weighted by Crippen LogP contribution is 2.44. The number of nitrogen functional groups attached to an aromatic ring is 1. The number of phenols is 1. The number of carbonyl (C=O) groups is 3. The van der Waals surface area contributed by atoms with E-state index in [4.69, 9.17) is 15.2 Å². The number of methoxy groups -OCH3 is 1. The summed E-state index contributed by atoms with van der Waals surface area (Å²) in [5.74, 6) is -0.637. The normalized spacial score (nSPS) is 14.9. The van der Waals surface area contributed by atoms with Crippen molar-refractivity contribution in [1.82, 2.24) is 4.90 Å². The predicted octanol–water partition coefficient (Wildman–Crippen LogP) is 6.52. The third-order valence-corrected chi connectivity index (χ3v) is 12.8. The van der Waals surface area contributed by atoms with Gasteiger partial charge >= 0.3 is 0 Å². The molecule has 0 spiro atoms. The zero-order valence-electron chi connectivity index (χ0n) is 32.7. The largest absolute Gasteiger partial charge is 0.505 e. The highest BCUT2D eigenvalue weighted by molar-refractivity contribution is 8.00. The zero-order chi connectivity index (χ0) is 43.1. The van der Waals surface area contributed by atoms with Crippen LogP contribution in [0.1, 0.15) is 48.8 Å². The number of likely N-dealkylation sites (tertiary alicyclic amines) is 1. The van der Waals surface area contributed by atoms with E-state index in [1.807, 2.05) is 31.2 Å². The summed E-state index contributed by atoms with van der Waals surface area (Å²) < 4.78 is 77.8. The number of hydrogen-bond acceptors (Lipinski definition) is 14. The molecule has 5 rings (SSSR count). The number of aromatic hydroxyl groups is 1. The number of rotatable bonds is 20. The quantitative estimate of drug-likeness (QED) is 0.0243. The number of fused-ring (bicyclic) bond motifs is 1. The topological polar surface area (TPSA) is 253 Å². The SMILES string of the molecule is COCCCCOCCCSC1CC(=O)N(CCC(=O)Cc2ccc(-c3ccc(N=Nc4ccc5c(S(=O)(=O)O)cc(S(=O)(=O)O)c(N)c5c4O)c(C)c3)cc2C)C1=O. The Kier molecular flexibility index (Phi) is 15.0. The summed E-state index contributed by atoms with van der Waals surface area (Å²) in [5, 5.41) is 18.0. The second kappa shape index (κ2) is 19.5. The van der Waals surface area contributed by atoms with E-state index in [0.717, 1.165) is 47.6 Å². The number of ketones is 1. The summed E-state index contributed by atoms with van der Waals surface area (Å²) in [5.41, 5.74) is 9.54. The zero-order valence-corrected chi connectivity index (χ0v) is 35.2. The van der Waals surface area contributed by atoms with Crippen LogP contribution in [0, 0.1) is 13.8 Å². The first-order valence-electron chi connectivity index (χ1n) is 18.6. The van der Waals surface area contributed by atoms with Crippen LogP contribution in [0.2, 0.25) is 0 Å². The third kappa shape index (κ3) is 11.3. The molecule has 1 saturated heterocycles. The average Bonchev–Trinajstić information content (AvgIpc) is 3.43. The van der Waals surface area contributed by atoms with E-state index >= 15 is 0 Å². The van der Waals surface area contributed by atoms with Crippen LogP contribution in [0.3, 0.4) is 0 Å². The van der Waals surface area contributed by atoms with E-state index in [2.05, 4.69) is 10.2 Å². The Hall–Kier alpha value is -4.76. The fourth-order valence-corrected chi connectivity index (χ4v) is 9.12. The number of hydrogen-bond donors (Lipinski definition) is 4. The Morgan fingerprint density at radius 2 is 1.49 bits per heavy atom. The van der Waals surface area contributed by atoms with Gasteiger partial charge in [0.25, 0.3) is 20.2 Å². The Morgan fingerprint density at radius 3 is 2.15 bits per heavy atom. The van der Waals surface area contributed by atoms with E-state index < -0.39 is 52.1 Å². The van der Waals surface area contributed by atoms with Crippen LogP contribution in [-0.4, -0.2) is 98.0 Å². The fourth-order valence-electron chi connectivity index (χ4n) is 6.59. The summed E-state index contributed by atoms with van der Waals surface area (Å²) in [7, 11) is -8.41. The fraction of sp³-hybridized carbons (Fsp3) is 0.375. The molecule has 19 heteroatoms. The number of imide groups is 1. The number of thioether (sulfide) groups is 1. The van der Waals surface area contributed by atoms with Crippen molar-refractivity contribution in [1.29, 1.82) is 0 Å². The molecule has 1 aliphatic rings. The van der Waals surface area contributed by atoms with Gasteiger partial charge in [-0.25, -0.2) is 0 Å². The second-order valence-corrected chi connectivity index (χ2v) is 18.1. The van der Waals surface area contributed by atoms with E-state index in [-0.39, 0.29) is 54.5 Å². The minimum atomic E-state index is -5.06. The molecule has 0 saturated carbocycles. The van der Waals surface area contributed by atoms with Gasteiger partial charge in [-0.15, -0.1) is 16.9 Å². The first-order chi connectivity index (χ1) is 27.9. The van der Waals surface area contributed by atoms with E-state index in [9.17, 15) is 45.4 Å². The van der Waals surface area contributed by atoms with Gasteiger partial charge in [0.05, 0.1) is 22.0 Å². The molecular weight excluding hydrogens is 825 g/mol. The number of unbranched alkanes of at least 4 members (excludes halogenated alkanes) is 1. The number of phenolic OH excluding ortho intramolecular Hbond substituents is 1. The number of azo groups is 1. The summed E-state index contributed by atoms with van der Waals surface area (Å²) >= 11 is 1.45. The molecule has 0 radical (unpaired) electrons. The van der Waals surface area contributed by atoms with E-state index in [0.29, 0.717) is 42.9 Å². The van der Waals surface area contributed by atoms with Crippen molar-refractivity contribution < 1.29 is 54.9 Å². The number of aryl methyl sites for hydroxylation is 2. The van der Waals surface area contributed by atoms with Gasteiger partial charge in [-0.1, -0.05) is 30.3 Å². The van der Waals surface area contributed by atoms with Crippen LogP contribution < -0.4 is 5.73 Å². The number of nitrogens with zero attached hydrogens (tertiary/aromatic N) is 3. The third-order valence-electron chi connectivity index (χ3n) is 9.76. The van der Waals surface area contributed by atoms with Crippen molar-refractivity contribution in [3.63, 3.8) is 0 Å². The molecule has 1 heterocycles. The van der Waals surface area contributed by atoms with Gasteiger partial charge in [-0.2, -0.15) is 21.9 Å². The highest BCUT2D eigenvalue weighted by Gasteiger charge is 2.38. The maximum atomic E-state index is 13.0. The van der Waals surface area contributed by atoms with Crippen LogP contribution in [0.15, 0.2) is 74.6 Å². The lowest BCUT2D eigenvalue weighted by Crippen LogP contribution is -2.33. The average molecular weight is 871 g/mol. The molecule has 1 unspecified atom stereocenters. The molecule has 59 heavy (non-hydrogen) atoms. The number of nitrogens with two attached hydrogens (primary N) is 1. The maximum absolute atomic E-state index is 13.0. The van der Waals surface area contributed by atoms with Crippen molar-refractivity contribution in [3.05, 3.63) is 71.3 Å². The smallest absolute Gasteiger partial charge is 0.296 e. The van der Waals surface area contributed by atoms with Gasteiger partial charge in [0, 0.05) is 58.1 Å². The minimum Gasteiger partial charge on any atom is -0.505 e. The van der Waals surface area contributed by atoms with Gasteiger partial charge in [-0.3, -0.25) is 28.4 Å². The number of Topliss-reactive ketones (excluding diaryl/α,β-unsaturated/α-hetero) is 1. The standard InChI is InChI=1S/C40H46N4O12S3/c1-24-19-27(8-7-26(24)21-29(45)13-14-44-36(46)22-33(40(44)48)57-18-6-17-56-16-5-4-15-55-3)28-9-11-31(25(2)20-28)42-43-32-12-10-30-34(58(49,50)51)23-35(59(52,53)54)38(41)37(30)39(32)47/h7-12,19-20,23,33,47H,4-6,13-18,21-22,41H2,1-3H3,(H,49,50,51)(H,52,53,54). The summed E-state index contributed by atoms with van der Waals surface area (Å²) in [6.45, 7) is 5.69. The van der Waals surface area contributed by atoms with Crippen LogP contribution in [0.4, 0.5) is 17.1 Å². The molecule has 1 aliphatic heterocycles. The van der Waals surface area contributed by atoms with Gasteiger partial charge in [0.2, 0.25) is 11.8 Å². The van der Waals surface area contributed by atoms with Gasteiger partial charge in [0.15, 0.2) is 5.75 Å². The molecule has 4 aromatic rings. The molecule has 316 valence electrons. The molecular formula is C40H46N4O12S3. The highest BCUT2D eigenvalue weighted by atomic mass is 32.2. The predicted molar refractivity (Wildman–Crippen MR) is 223 cm³/mol. The number of carbonyl (C=O) groups excluding carboxylic acids is 3. The lowest BCUT2D eigenvalue weighted by Gasteiger charge is -2.15. The lowest BCUT2D eigenvalue weighted by molar-refractivity contribution is -0.138. The molecule has 5 N–H and O–H groups in total. The number of amides is 2. The Bertz CT molecular complexity index is 2510. The second-order valence-electron chi connectivity index (χ2n) is 14.0. The van der Waals surface area contributed by atoms with Crippen molar-refractivity contribution in [2.24, 2.45) is 10.2 Å². The Balaban J connectivity index is 1.18. The summed E-state index contributed by atoms with van der Waals surface area (Å²) in [6, 6.07) is 13.9. The van der Waals surface area contributed by atoms with Crippen LogP contribution in [0.25, 0.3) is 21.9 Å². The molecule has 16 nitrogen and oxygen atoms in total. The van der Waals surface area contributed by atoms with Crippen molar-refractivity contribution in [3.8, 4) is 16.9 Å². The lowest BCUT2D eigenvalue weighted by atomic mass is 9.95. The van der Waals surface area contributed by atoms with Gasteiger partial charge in [-0.05, 0) is 90.9 Å². The van der Waals surface area contributed by atoms with Gasteiger partial charge in [0.1, 0.15) is 21.3 Å². The maximum Gasteiger partial charge on any atom is 0.296 e. The summed E-state index contributed by atoms with van der Waals surface area (Å²) in [6.07, 6.45) is 2.98. The first kappa shape index (κ1) is 45.3. The van der Waals surface area contributed by atoms with Crippen LogP contribution >= 0.6 is 11.8 Å². The number of benzene rings is 4. The van der Waals surface area contributed by atoms with Gasteiger partial charge < -0.3 is 20.3 Å². The monoisotopic (exact) mass is 870 g/mol. The van der Waals surface area contributed by atoms with E-state index in [1.54, 1.807) is 26.2 Å². The van der Waals surface area contributed by atoms with Crippen LogP contribution in [0.5, 0.6) is 5.75 Å². The Morgan fingerprint density at radius 1 is 0.864 bits per heavy atom. The molecule has 0 aliphatic carbocycles. The van der Waals surface area contributed by atoms with Crippen molar-refractivity contribution in [2.75, 3.05) is 45.0 Å². The molecule has 0 bridgehead atoms. The Labute approximate surface area is 346 Å².